The van der Waals surface area contributed by atoms with Gasteiger partial charge in [0.2, 0.25) is 0 Å². The standard InChI is InChI=1S/C21H23N3O/c1-15-9-11-16(12-10-15)21(25)24-13-5-6-17(14-24)20-22-18-7-3-4-8-19(18)23(20)2/h3-4,7-12,17H,5-6,13-14H2,1-2H3. The topological polar surface area (TPSA) is 38.1 Å². The molecular formula is C21H23N3O. The fraction of sp³-hybridized carbons (Fsp3) is 0.333. The predicted octanol–water partition coefficient (Wildman–Crippen LogP) is 3.90. The Kier molecular flexibility index (Phi) is 4.04. The van der Waals surface area contributed by atoms with Crippen LogP contribution >= 0.6 is 0 Å². The summed E-state index contributed by atoms with van der Waals surface area (Å²) in [6.07, 6.45) is 2.10. The lowest BCUT2D eigenvalue weighted by Gasteiger charge is -2.32. The summed E-state index contributed by atoms with van der Waals surface area (Å²) in [5.41, 5.74) is 4.13. The van der Waals surface area contributed by atoms with Crippen LogP contribution in [0.15, 0.2) is 48.5 Å². The first kappa shape index (κ1) is 15.9. The van der Waals surface area contributed by atoms with E-state index < -0.39 is 0 Å². The quantitative estimate of drug-likeness (QED) is 0.713. The van der Waals surface area contributed by atoms with E-state index in [0.717, 1.165) is 48.4 Å². The van der Waals surface area contributed by atoms with E-state index in [1.54, 1.807) is 0 Å². The van der Waals surface area contributed by atoms with Crippen molar-refractivity contribution in [1.29, 1.82) is 0 Å². The van der Waals surface area contributed by atoms with Crippen molar-refractivity contribution in [3.63, 3.8) is 0 Å². The molecule has 0 radical (unpaired) electrons. The number of para-hydroxylation sites is 2. The van der Waals surface area contributed by atoms with Gasteiger partial charge in [0.1, 0.15) is 5.82 Å². The van der Waals surface area contributed by atoms with Crippen LogP contribution in [0.25, 0.3) is 11.0 Å². The van der Waals surface area contributed by atoms with Crippen molar-refractivity contribution in [3.05, 3.63) is 65.5 Å². The average molecular weight is 333 g/mol. The Balaban J connectivity index is 1.59. The Bertz CT molecular complexity index is 911. The largest absolute Gasteiger partial charge is 0.338 e. The van der Waals surface area contributed by atoms with Gasteiger partial charge in [-0.25, -0.2) is 4.98 Å². The van der Waals surface area contributed by atoms with Crippen molar-refractivity contribution >= 4 is 16.9 Å². The van der Waals surface area contributed by atoms with Gasteiger partial charge in [-0.1, -0.05) is 29.8 Å². The minimum absolute atomic E-state index is 0.128. The molecule has 25 heavy (non-hydrogen) atoms. The highest BCUT2D eigenvalue weighted by Crippen LogP contribution is 2.29. The van der Waals surface area contributed by atoms with Crippen molar-refractivity contribution in [1.82, 2.24) is 14.5 Å². The number of benzene rings is 2. The Morgan fingerprint density at radius 2 is 1.88 bits per heavy atom. The summed E-state index contributed by atoms with van der Waals surface area (Å²) >= 11 is 0. The zero-order valence-electron chi connectivity index (χ0n) is 14.8. The SMILES string of the molecule is Cc1ccc(C(=O)N2CCCC(c3nc4ccccc4n3C)C2)cc1. The van der Waals surface area contributed by atoms with Crippen molar-refractivity contribution in [2.45, 2.75) is 25.7 Å². The minimum atomic E-state index is 0.128. The van der Waals surface area contributed by atoms with Crippen molar-refractivity contribution < 1.29 is 4.79 Å². The van der Waals surface area contributed by atoms with Gasteiger partial charge in [0, 0.05) is 31.6 Å². The summed E-state index contributed by atoms with van der Waals surface area (Å²) in [4.78, 5) is 19.7. The molecular weight excluding hydrogens is 310 g/mol. The van der Waals surface area contributed by atoms with Gasteiger partial charge >= 0.3 is 0 Å². The van der Waals surface area contributed by atoms with Gasteiger partial charge < -0.3 is 9.47 Å². The number of carbonyl (C=O) groups excluding carboxylic acids is 1. The lowest BCUT2D eigenvalue weighted by Crippen LogP contribution is -2.39. The van der Waals surface area contributed by atoms with Crippen LogP contribution in [-0.2, 0) is 7.05 Å². The first-order chi connectivity index (χ1) is 12.1. The molecule has 1 aromatic heterocycles. The monoisotopic (exact) mass is 333 g/mol. The van der Waals surface area contributed by atoms with Gasteiger partial charge in [-0.3, -0.25) is 4.79 Å². The molecule has 1 amide bonds. The van der Waals surface area contributed by atoms with Crippen molar-refractivity contribution in [3.8, 4) is 0 Å². The number of piperidine rings is 1. The molecule has 0 spiro atoms. The Morgan fingerprint density at radius 3 is 2.64 bits per heavy atom. The zero-order chi connectivity index (χ0) is 17.4. The molecule has 3 aromatic rings. The molecule has 1 fully saturated rings. The second kappa shape index (κ2) is 6.36. The minimum Gasteiger partial charge on any atom is -0.338 e. The molecule has 1 aliphatic heterocycles. The van der Waals surface area contributed by atoms with Crippen LogP contribution < -0.4 is 0 Å². The summed E-state index contributed by atoms with van der Waals surface area (Å²) in [6, 6.07) is 16.1. The first-order valence-corrected chi connectivity index (χ1v) is 8.91. The van der Waals surface area contributed by atoms with Gasteiger partial charge in [0.25, 0.3) is 5.91 Å². The number of carbonyl (C=O) groups is 1. The van der Waals surface area contributed by atoms with E-state index in [2.05, 4.69) is 23.7 Å². The van der Waals surface area contributed by atoms with Crippen molar-refractivity contribution in [2.24, 2.45) is 7.05 Å². The van der Waals surface area contributed by atoms with E-state index in [9.17, 15) is 4.79 Å². The molecule has 0 bridgehead atoms. The maximum Gasteiger partial charge on any atom is 0.253 e. The highest BCUT2D eigenvalue weighted by atomic mass is 16.2. The zero-order valence-corrected chi connectivity index (χ0v) is 14.8. The number of hydrogen-bond donors (Lipinski definition) is 0. The van der Waals surface area contributed by atoms with Gasteiger partial charge in [-0.2, -0.15) is 0 Å². The smallest absolute Gasteiger partial charge is 0.253 e. The van der Waals surface area contributed by atoms with Crippen LogP contribution in [0.1, 0.15) is 40.5 Å². The molecule has 4 heteroatoms. The number of nitrogens with zero attached hydrogens (tertiary/aromatic N) is 3. The van der Waals surface area contributed by atoms with E-state index in [4.69, 9.17) is 4.98 Å². The molecule has 2 heterocycles. The van der Waals surface area contributed by atoms with Crippen LogP contribution in [0.5, 0.6) is 0 Å². The fourth-order valence-electron chi connectivity index (χ4n) is 3.78. The molecule has 2 aromatic carbocycles. The molecule has 1 atom stereocenters. The third-order valence-electron chi connectivity index (χ3n) is 5.19. The molecule has 0 saturated carbocycles. The van der Waals surface area contributed by atoms with Crippen LogP contribution in [0.4, 0.5) is 0 Å². The van der Waals surface area contributed by atoms with E-state index in [1.807, 2.05) is 48.2 Å². The number of likely N-dealkylation sites (tertiary alicyclic amines) is 1. The average Bonchev–Trinajstić information content (AvgIpc) is 2.99. The van der Waals surface area contributed by atoms with E-state index >= 15 is 0 Å². The highest BCUT2D eigenvalue weighted by Gasteiger charge is 2.28. The van der Waals surface area contributed by atoms with Crippen LogP contribution in [-0.4, -0.2) is 33.4 Å². The third-order valence-corrected chi connectivity index (χ3v) is 5.19. The van der Waals surface area contributed by atoms with Crippen molar-refractivity contribution in [2.75, 3.05) is 13.1 Å². The summed E-state index contributed by atoms with van der Waals surface area (Å²) in [7, 11) is 2.07. The summed E-state index contributed by atoms with van der Waals surface area (Å²) in [5.74, 6) is 1.51. The molecule has 4 rings (SSSR count). The molecule has 1 unspecified atom stereocenters. The third kappa shape index (κ3) is 2.93. The number of imidazole rings is 1. The molecule has 4 nitrogen and oxygen atoms in total. The number of fused-ring (bicyclic) bond motifs is 1. The summed E-state index contributed by atoms with van der Waals surface area (Å²) in [5, 5.41) is 0. The van der Waals surface area contributed by atoms with Crippen LogP contribution in [0.3, 0.4) is 0 Å². The predicted molar refractivity (Wildman–Crippen MR) is 99.8 cm³/mol. The fourth-order valence-corrected chi connectivity index (χ4v) is 3.78. The molecule has 0 aliphatic carbocycles. The van der Waals surface area contributed by atoms with Gasteiger partial charge in [-0.05, 0) is 44.0 Å². The second-order valence-corrected chi connectivity index (χ2v) is 6.97. The molecule has 1 aliphatic rings. The lowest BCUT2D eigenvalue weighted by molar-refractivity contribution is 0.0704. The van der Waals surface area contributed by atoms with E-state index in [-0.39, 0.29) is 5.91 Å². The number of aromatic nitrogens is 2. The number of amides is 1. The van der Waals surface area contributed by atoms with E-state index in [1.165, 1.54) is 5.56 Å². The molecule has 1 saturated heterocycles. The van der Waals surface area contributed by atoms with Gasteiger partial charge in [0.15, 0.2) is 0 Å². The van der Waals surface area contributed by atoms with Crippen LogP contribution in [0, 0.1) is 6.92 Å². The maximum atomic E-state index is 12.8. The van der Waals surface area contributed by atoms with Gasteiger partial charge in [-0.15, -0.1) is 0 Å². The summed E-state index contributed by atoms with van der Waals surface area (Å²) in [6.45, 7) is 3.61. The second-order valence-electron chi connectivity index (χ2n) is 6.97. The normalized spacial score (nSPS) is 17.8. The Hall–Kier alpha value is -2.62. The van der Waals surface area contributed by atoms with E-state index in [0.29, 0.717) is 5.92 Å². The number of aryl methyl sites for hydroxylation is 2. The summed E-state index contributed by atoms with van der Waals surface area (Å²) < 4.78 is 2.18. The Morgan fingerprint density at radius 1 is 1.12 bits per heavy atom. The maximum absolute atomic E-state index is 12.8. The first-order valence-electron chi connectivity index (χ1n) is 8.91. The lowest BCUT2D eigenvalue weighted by atomic mass is 9.96. The van der Waals surface area contributed by atoms with Crippen LogP contribution in [0.2, 0.25) is 0 Å². The number of hydrogen-bond acceptors (Lipinski definition) is 2. The Labute approximate surface area is 148 Å². The number of rotatable bonds is 2. The highest BCUT2D eigenvalue weighted by molar-refractivity contribution is 5.94. The molecule has 128 valence electrons. The van der Waals surface area contributed by atoms with Gasteiger partial charge in [0.05, 0.1) is 11.0 Å². The molecule has 0 N–H and O–H groups in total.